The Kier molecular flexibility index (Phi) is 7.23. The van der Waals surface area contributed by atoms with Crippen molar-refractivity contribution < 1.29 is 19.8 Å². The molecular weight excluding hydrogens is 336 g/mol. The lowest BCUT2D eigenvalue weighted by atomic mass is 9.94. The third-order valence-corrected chi connectivity index (χ3v) is 4.58. The van der Waals surface area contributed by atoms with E-state index >= 15 is 0 Å². The van der Waals surface area contributed by atoms with Crippen molar-refractivity contribution in [3.63, 3.8) is 0 Å². The first kappa shape index (κ1) is 20.0. The minimum atomic E-state index is -1.26. The number of carboxylic acid groups (broad SMARTS) is 2. The Hall–Kier alpha value is -2.32. The number of piperazine rings is 1. The van der Waals surface area contributed by atoms with Crippen LogP contribution in [0.1, 0.15) is 41.7 Å². The average Bonchev–Trinajstić information content (AvgIpc) is 2.61. The molecule has 8 heteroatoms. The van der Waals surface area contributed by atoms with Crippen molar-refractivity contribution in [3.8, 4) is 0 Å². The maximum atomic E-state index is 9.55. The molecule has 142 valence electrons. The molecule has 0 bridgehead atoms. The van der Waals surface area contributed by atoms with Gasteiger partial charge in [-0.3, -0.25) is 4.90 Å². The largest absolute Gasteiger partial charge is 0.478 e. The van der Waals surface area contributed by atoms with Crippen molar-refractivity contribution in [2.75, 3.05) is 26.7 Å². The summed E-state index contributed by atoms with van der Waals surface area (Å²) in [7, 11) is 2.17. The smallest absolute Gasteiger partial charge is 0.328 e. The van der Waals surface area contributed by atoms with Gasteiger partial charge in [0.2, 0.25) is 0 Å². The third kappa shape index (κ3) is 5.60. The fourth-order valence-electron chi connectivity index (χ4n) is 3.19. The number of nitrogens with zero attached hydrogens (tertiary/aromatic N) is 3. The van der Waals surface area contributed by atoms with Crippen LogP contribution in [0.5, 0.6) is 0 Å². The summed E-state index contributed by atoms with van der Waals surface area (Å²) >= 11 is 0. The summed E-state index contributed by atoms with van der Waals surface area (Å²) in [6, 6.07) is 0.338. The summed E-state index contributed by atoms with van der Waals surface area (Å²) in [6.45, 7) is 5.25. The summed E-state index contributed by atoms with van der Waals surface area (Å²) < 4.78 is 0. The molecule has 1 aliphatic carbocycles. The van der Waals surface area contributed by atoms with Gasteiger partial charge in [-0.2, -0.15) is 0 Å². The molecule has 3 rings (SSSR count). The van der Waals surface area contributed by atoms with Crippen LogP contribution < -0.4 is 5.32 Å². The van der Waals surface area contributed by atoms with Crippen molar-refractivity contribution in [2.45, 2.75) is 38.6 Å². The molecule has 1 unspecified atom stereocenters. The van der Waals surface area contributed by atoms with Crippen LogP contribution in [0.4, 0.5) is 0 Å². The molecule has 1 aromatic heterocycles. The SMILES string of the molecule is Cc1nc(C2CNCCN2C)nc2c1CCCC2.O=C(O)C=CC(=O)O. The van der Waals surface area contributed by atoms with Crippen molar-refractivity contribution in [2.24, 2.45) is 0 Å². The fourth-order valence-corrected chi connectivity index (χ4v) is 3.19. The number of aryl methyl sites for hydroxylation is 2. The Labute approximate surface area is 153 Å². The Balaban J connectivity index is 0.000000260. The molecule has 1 fully saturated rings. The summed E-state index contributed by atoms with van der Waals surface area (Å²) in [5.41, 5.74) is 3.92. The van der Waals surface area contributed by atoms with Gasteiger partial charge in [0.05, 0.1) is 6.04 Å². The van der Waals surface area contributed by atoms with Crippen molar-refractivity contribution in [1.82, 2.24) is 20.2 Å². The second kappa shape index (κ2) is 9.40. The van der Waals surface area contributed by atoms with Crippen LogP contribution in [-0.4, -0.2) is 63.7 Å². The second-order valence-corrected chi connectivity index (χ2v) is 6.51. The van der Waals surface area contributed by atoms with E-state index in [0.717, 1.165) is 31.9 Å². The standard InChI is InChI=1S/C14H22N4.C4H4O4/c1-10-11-5-3-4-6-12(11)17-14(16-10)13-9-15-7-8-18(13)2;5-3(6)1-2-4(7)8/h13,15H,3-9H2,1-2H3;1-2H,(H,5,6)(H,7,8). The number of carboxylic acids is 2. The highest BCUT2D eigenvalue weighted by Gasteiger charge is 2.25. The van der Waals surface area contributed by atoms with E-state index in [9.17, 15) is 9.59 Å². The van der Waals surface area contributed by atoms with Gasteiger partial charge in [-0.25, -0.2) is 19.6 Å². The molecule has 3 N–H and O–H groups in total. The molecular formula is C18H26N4O4. The lowest BCUT2D eigenvalue weighted by molar-refractivity contribution is -0.134. The van der Waals surface area contributed by atoms with Gasteiger partial charge in [0.1, 0.15) is 5.82 Å². The van der Waals surface area contributed by atoms with E-state index in [1.165, 1.54) is 36.2 Å². The normalized spacial score (nSPS) is 20.2. The van der Waals surface area contributed by atoms with Crippen LogP contribution in [-0.2, 0) is 22.4 Å². The van der Waals surface area contributed by atoms with Crippen LogP contribution in [0.3, 0.4) is 0 Å². The molecule has 26 heavy (non-hydrogen) atoms. The van der Waals surface area contributed by atoms with Crippen LogP contribution in [0, 0.1) is 6.92 Å². The lowest BCUT2D eigenvalue weighted by Gasteiger charge is -2.32. The second-order valence-electron chi connectivity index (χ2n) is 6.51. The van der Waals surface area contributed by atoms with E-state index in [1.54, 1.807) is 0 Å². The highest BCUT2D eigenvalue weighted by molar-refractivity contribution is 5.89. The highest BCUT2D eigenvalue weighted by atomic mass is 16.4. The molecule has 1 aromatic rings. The third-order valence-electron chi connectivity index (χ3n) is 4.58. The monoisotopic (exact) mass is 362 g/mol. The fraction of sp³-hybridized carbons (Fsp3) is 0.556. The van der Waals surface area contributed by atoms with E-state index in [0.29, 0.717) is 18.2 Å². The quantitative estimate of drug-likeness (QED) is 0.681. The minimum absolute atomic E-state index is 0.338. The Morgan fingerprint density at radius 3 is 2.42 bits per heavy atom. The topological polar surface area (TPSA) is 116 Å². The zero-order valence-electron chi connectivity index (χ0n) is 15.2. The van der Waals surface area contributed by atoms with Crippen molar-refractivity contribution in [1.29, 1.82) is 0 Å². The number of rotatable bonds is 3. The Morgan fingerprint density at radius 1 is 1.15 bits per heavy atom. The Morgan fingerprint density at radius 2 is 1.81 bits per heavy atom. The summed E-state index contributed by atoms with van der Waals surface area (Å²) in [5.74, 6) is -1.50. The lowest BCUT2D eigenvalue weighted by Crippen LogP contribution is -2.44. The number of fused-ring (bicyclic) bond motifs is 1. The van der Waals surface area contributed by atoms with Gasteiger partial charge >= 0.3 is 11.9 Å². The minimum Gasteiger partial charge on any atom is -0.478 e. The number of aromatic nitrogens is 2. The summed E-state index contributed by atoms with van der Waals surface area (Å²) in [5, 5.41) is 19.1. The van der Waals surface area contributed by atoms with Gasteiger partial charge in [0.15, 0.2) is 0 Å². The maximum Gasteiger partial charge on any atom is 0.328 e. The van der Waals surface area contributed by atoms with Gasteiger partial charge in [0, 0.05) is 43.2 Å². The van der Waals surface area contributed by atoms with Crippen LogP contribution in [0.2, 0.25) is 0 Å². The number of nitrogens with one attached hydrogen (secondary N) is 1. The van der Waals surface area contributed by atoms with Crippen molar-refractivity contribution in [3.05, 3.63) is 34.9 Å². The molecule has 1 atom stereocenters. The van der Waals surface area contributed by atoms with E-state index in [1.807, 2.05) is 0 Å². The molecule has 0 aromatic carbocycles. The molecule has 0 amide bonds. The van der Waals surface area contributed by atoms with E-state index in [-0.39, 0.29) is 0 Å². The summed E-state index contributed by atoms with van der Waals surface area (Å²) in [4.78, 5) is 31.1. The first-order chi connectivity index (χ1) is 12.4. The number of hydrogen-bond donors (Lipinski definition) is 3. The molecule has 1 aliphatic heterocycles. The van der Waals surface area contributed by atoms with Crippen LogP contribution in [0.25, 0.3) is 0 Å². The highest BCUT2D eigenvalue weighted by Crippen LogP contribution is 2.25. The molecule has 2 heterocycles. The first-order valence-corrected chi connectivity index (χ1v) is 8.79. The average molecular weight is 362 g/mol. The van der Waals surface area contributed by atoms with Crippen LogP contribution in [0.15, 0.2) is 12.2 Å². The molecule has 8 nitrogen and oxygen atoms in total. The van der Waals surface area contributed by atoms with Gasteiger partial charge in [-0.05, 0) is 45.2 Å². The van der Waals surface area contributed by atoms with Gasteiger partial charge in [-0.15, -0.1) is 0 Å². The zero-order valence-corrected chi connectivity index (χ0v) is 15.2. The number of likely N-dealkylation sites (N-methyl/N-ethyl adjacent to an activating group) is 1. The van der Waals surface area contributed by atoms with Crippen LogP contribution >= 0.6 is 0 Å². The molecule has 0 radical (unpaired) electrons. The molecule has 0 saturated carbocycles. The van der Waals surface area contributed by atoms with E-state index in [2.05, 4.69) is 24.2 Å². The van der Waals surface area contributed by atoms with Gasteiger partial charge < -0.3 is 15.5 Å². The first-order valence-electron chi connectivity index (χ1n) is 8.79. The molecule has 0 spiro atoms. The Bertz CT molecular complexity index is 674. The predicted octanol–water partition coefficient (Wildman–Crippen LogP) is 0.952. The zero-order chi connectivity index (χ0) is 19.1. The van der Waals surface area contributed by atoms with Gasteiger partial charge in [0.25, 0.3) is 0 Å². The predicted molar refractivity (Wildman–Crippen MR) is 96.1 cm³/mol. The number of hydrogen-bond acceptors (Lipinski definition) is 6. The summed E-state index contributed by atoms with van der Waals surface area (Å²) in [6.07, 6.45) is 5.99. The number of aliphatic carboxylic acids is 2. The van der Waals surface area contributed by atoms with Crippen molar-refractivity contribution >= 4 is 11.9 Å². The van der Waals surface area contributed by atoms with Gasteiger partial charge in [-0.1, -0.05) is 0 Å². The molecule has 2 aliphatic rings. The number of carbonyl (C=O) groups is 2. The van der Waals surface area contributed by atoms with E-state index < -0.39 is 11.9 Å². The molecule has 1 saturated heterocycles. The van der Waals surface area contributed by atoms with E-state index in [4.69, 9.17) is 20.2 Å². The maximum absolute atomic E-state index is 9.55.